The van der Waals surface area contributed by atoms with E-state index < -0.39 is 17.1 Å². The van der Waals surface area contributed by atoms with Gasteiger partial charge < -0.3 is 15.5 Å². The highest BCUT2D eigenvalue weighted by atomic mass is 35.5. The highest BCUT2D eigenvalue weighted by molar-refractivity contribution is 6.31. The number of hydrogen-bond donors (Lipinski definition) is 3. The van der Waals surface area contributed by atoms with Crippen molar-refractivity contribution < 1.29 is 15.1 Å². The SMILES string of the molecule is CNCC(O)C(O)c1cnc(Cl)c([N+](=O)[O-])c1C. The normalized spacial score (nSPS) is 14.3. The predicted octanol–water partition coefficient (Wildman–Crippen LogP) is 0.565. The van der Waals surface area contributed by atoms with Crippen LogP contribution in [0, 0.1) is 17.0 Å². The number of aliphatic hydroxyl groups excluding tert-OH is 2. The second-order valence-electron chi connectivity index (χ2n) is 3.80. The van der Waals surface area contributed by atoms with E-state index in [4.69, 9.17) is 11.6 Å². The van der Waals surface area contributed by atoms with E-state index in [9.17, 15) is 20.3 Å². The van der Waals surface area contributed by atoms with Gasteiger partial charge in [0, 0.05) is 23.9 Å². The largest absolute Gasteiger partial charge is 0.389 e. The van der Waals surface area contributed by atoms with E-state index in [0.717, 1.165) is 0 Å². The lowest BCUT2D eigenvalue weighted by Gasteiger charge is -2.19. The molecule has 1 heterocycles. The Balaban J connectivity index is 3.18. The first kappa shape index (κ1) is 14.8. The summed E-state index contributed by atoms with van der Waals surface area (Å²) in [4.78, 5) is 13.8. The fourth-order valence-corrected chi connectivity index (χ4v) is 1.87. The molecule has 1 aromatic heterocycles. The summed E-state index contributed by atoms with van der Waals surface area (Å²) in [6.07, 6.45) is -1.12. The molecule has 1 rings (SSSR count). The molecule has 8 heteroatoms. The molecule has 0 aliphatic rings. The summed E-state index contributed by atoms with van der Waals surface area (Å²) >= 11 is 5.63. The van der Waals surface area contributed by atoms with Crippen LogP contribution in [0.1, 0.15) is 17.2 Å². The lowest BCUT2D eigenvalue weighted by molar-refractivity contribution is -0.385. The zero-order valence-electron chi connectivity index (χ0n) is 9.92. The van der Waals surface area contributed by atoms with Crippen molar-refractivity contribution in [3.8, 4) is 0 Å². The molecule has 2 atom stereocenters. The highest BCUT2D eigenvalue weighted by Gasteiger charge is 2.26. The van der Waals surface area contributed by atoms with E-state index in [1.807, 2.05) is 0 Å². The van der Waals surface area contributed by atoms with Gasteiger partial charge in [0.15, 0.2) is 0 Å². The summed E-state index contributed by atoms with van der Waals surface area (Å²) in [5.74, 6) is 0. The second kappa shape index (κ2) is 6.05. The van der Waals surface area contributed by atoms with Crippen LogP contribution < -0.4 is 5.32 Å². The molecule has 0 aromatic carbocycles. The fraction of sp³-hybridized carbons (Fsp3) is 0.500. The van der Waals surface area contributed by atoms with Crippen molar-refractivity contribution >= 4 is 17.3 Å². The standard InChI is InChI=1S/C10H14ClN3O4/c1-5-6(9(16)7(15)4-12-2)3-13-10(11)8(5)14(17)18/h3,7,9,12,15-16H,4H2,1-2H3. The maximum Gasteiger partial charge on any atom is 0.309 e. The summed E-state index contributed by atoms with van der Waals surface area (Å²) in [5.41, 5.74) is 0.0291. The van der Waals surface area contributed by atoms with Crippen molar-refractivity contribution in [3.05, 3.63) is 32.6 Å². The van der Waals surface area contributed by atoms with Gasteiger partial charge in [0.2, 0.25) is 5.15 Å². The minimum absolute atomic E-state index is 0.150. The number of rotatable bonds is 5. The van der Waals surface area contributed by atoms with Gasteiger partial charge in [-0.05, 0) is 14.0 Å². The molecule has 0 saturated carbocycles. The Morgan fingerprint density at radius 1 is 1.61 bits per heavy atom. The molecule has 0 amide bonds. The molecule has 0 saturated heterocycles. The third-order valence-corrected chi connectivity index (χ3v) is 2.86. The Morgan fingerprint density at radius 3 is 2.72 bits per heavy atom. The third kappa shape index (κ3) is 2.94. The lowest BCUT2D eigenvalue weighted by Crippen LogP contribution is -2.30. The molecule has 1 aromatic rings. The molecule has 0 spiro atoms. The number of pyridine rings is 1. The first-order valence-electron chi connectivity index (χ1n) is 5.20. The van der Waals surface area contributed by atoms with E-state index in [1.54, 1.807) is 7.05 Å². The molecular weight excluding hydrogens is 262 g/mol. The molecule has 0 radical (unpaired) electrons. The van der Waals surface area contributed by atoms with Crippen LogP contribution in [0.4, 0.5) is 5.69 Å². The molecule has 3 N–H and O–H groups in total. The summed E-state index contributed by atoms with van der Waals surface area (Å²) in [6.45, 7) is 1.60. The van der Waals surface area contributed by atoms with Gasteiger partial charge in [0.25, 0.3) is 0 Å². The second-order valence-corrected chi connectivity index (χ2v) is 4.16. The minimum atomic E-state index is -1.26. The molecule has 7 nitrogen and oxygen atoms in total. The van der Waals surface area contributed by atoms with Gasteiger partial charge in [-0.1, -0.05) is 11.6 Å². The van der Waals surface area contributed by atoms with Crippen molar-refractivity contribution in [3.63, 3.8) is 0 Å². The molecule has 100 valence electrons. The molecule has 2 unspecified atom stereocenters. The van der Waals surface area contributed by atoms with Gasteiger partial charge in [0.1, 0.15) is 6.10 Å². The van der Waals surface area contributed by atoms with E-state index in [0.29, 0.717) is 0 Å². The average molecular weight is 276 g/mol. The average Bonchev–Trinajstić information content (AvgIpc) is 2.28. The van der Waals surface area contributed by atoms with E-state index >= 15 is 0 Å². The monoisotopic (exact) mass is 275 g/mol. The van der Waals surface area contributed by atoms with Crippen LogP contribution in [0.5, 0.6) is 0 Å². The van der Waals surface area contributed by atoms with E-state index in [2.05, 4.69) is 10.3 Å². The summed E-state index contributed by atoms with van der Waals surface area (Å²) in [7, 11) is 1.62. The van der Waals surface area contributed by atoms with Crippen LogP contribution in [0.15, 0.2) is 6.20 Å². The van der Waals surface area contributed by atoms with Gasteiger partial charge in [-0.25, -0.2) is 4.98 Å². The number of halogens is 1. The Hall–Kier alpha value is -1.28. The van der Waals surface area contributed by atoms with Gasteiger partial charge in [0.05, 0.1) is 11.0 Å². The van der Waals surface area contributed by atoms with E-state index in [-0.39, 0.29) is 28.5 Å². The third-order valence-electron chi connectivity index (χ3n) is 2.58. The van der Waals surface area contributed by atoms with Crippen LogP contribution in [-0.2, 0) is 0 Å². The highest BCUT2D eigenvalue weighted by Crippen LogP contribution is 2.31. The predicted molar refractivity (Wildman–Crippen MR) is 65.5 cm³/mol. The first-order valence-corrected chi connectivity index (χ1v) is 5.58. The van der Waals surface area contributed by atoms with Crippen LogP contribution in [0.2, 0.25) is 5.15 Å². The molecular formula is C10H14ClN3O4. The Morgan fingerprint density at radius 2 is 2.22 bits per heavy atom. The van der Waals surface area contributed by atoms with Gasteiger partial charge in [-0.15, -0.1) is 0 Å². The van der Waals surface area contributed by atoms with Crippen molar-refractivity contribution in [2.75, 3.05) is 13.6 Å². The summed E-state index contributed by atoms with van der Waals surface area (Å²) < 4.78 is 0. The number of nitrogens with zero attached hydrogens (tertiary/aromatic N) is 2. The topological polar surface area (TPSA) is 109 Å². The Bertz CT molecular complexity index is 455. The smallest absolute Gasteiger partial charge is 0.309 e. The number of aliphatic hydroxyl groups is 2. The van der Waals surface area contributed by atoms with Gasteiger partial charge in [-0.2, -0.15) is 0 Å². The van der Waals surface area contributed by atoms with Crippen molar-refractivity contribution in [2.45, 2.75) is 19.1 Å². The summed E-state index contributed by atoms with van der Waals surface area (Å²) in [5, 5.41) is 32.8. The Kier molecular flexibility index (Phi) is 4.97. The zero-order chi connectivity index (χ0) is 13.9. The van der Waals surface area contributed by atoms with Crippen LogP contribution >= 0.6 is 11.6 Å². The maximum atomic E-state index is 10.8. The quantitative estimate of drug-likeness (QED) is 0.412. The number of nitrogens with one attached hydrogen (secondary N) is 1. The molecule has 0 aliphatic carbocycles. The lowest BCUT2D eigenvalue weighted by atomic mass is 10.0. The van der Waals surface area contributed by atoms with Gasteiger partial charge in [-0.3, -0.25) is 10.1 Å². The number of likely N-dealkylation sites (N-methyl/N-ethyl adjacent to an activating group) is 1. The van der Waals surface area contributed by atoms with Crippen molar-refractivity contribution in [1.29, 1.82) is 0 Å². The van der Waals surface area contributed by atoms with Gasteiger partial charge >= 0.3 is 5.69 Å². The Labute approximate surface area is 109 Å². The van der Waals surface area contributed by atoms with Crippen LogP contribution in [-0.4, -0.2) is 39.8 Å². The minimum Gasteiger partial charge on any atom is -0.389 e. The molecule has 0 bridgehead atoms. The first-order chi connectivity index (χ1) is 8.40. The molecule has 18 heavy (non-hydrogen) atoms. The van der Waals surface area contributed by atoms with Crippen molar-refractivity contribution in [1.82, 2.24) is 10.3 Å². The molecule has 0 aliphatic heterocycles. The number of aromatic nitrogens is 1. The molecule has 0 fully saturated rings. The van der Waals surface area contributed by atoms with Crippen molar-refractivity contribution in [2.24, 2.45) is 0 Å². The van der Waals surface area contributed by atoms with Crippen LogP contribution in [0.3, 0.4) is 0 Å². The van der Waals surface area contributed by atoms with Crippen LogP contribution in [0.25, 0.3) is 0 Å². The fourth-order valence-electron chi connectivity index (χ4n) is 1.61. The number of hydrogen-bond acceptors (Lipinski definition) is 6. The number of nitro groups is 1. The maximum absolute atomic E-state index is 10.8. The summed E-state index contributed by atoms with van der Waals surface area (Å²) in [6, 6.07) is 0. The van der Waals surface area contributed by atoms with E-state index in [1.165, 1.54) is 13.1 Å². The zero-order valence-corrected chi connectivity index (χ0v) is 10.7.